The molecule has 27 heavy (non-hydrogen) atoms. The molecular weight excluding hydrogens is 362 g/mol. The van der Waals surface area contributed by atoms with E-state index in [0.29, 0.717) is 5.69 Å². The number of hydrogen-bond acceptors (Lipinski definition) is 3. The van der Waals surface area contributed by atoms with Crippen LogP contribution in [0.4, 0.5) is 10.5 Å². The highest BCUT2D eigenvalue weighted by Crippen LogP contribution is 2.16. The number of amides is 2. The number of benzene rings is 2. The molecule has 7 heteroatoms. The Morgan fingerprint density at radius 1 is 0.963 bits per heavy atom. The summed E-state index contributed by atoms with van der Waals surface area (Å²) in [4.78, 5) is 14.2. The van der Waals surface area contributed by atoms with E-state index in [4.69, 9.17) is 0 Å². The largest absolute Gasteiger partial charge is 0.325 e. The lowest BCUT2D eigenvalue weighted by atomic mass is 10.1. The third-order valence-electron chi connectivity index (χ3n) is 4.65. The van der Waals surface area contributed by atoms with E-state index in [1.807, 2.05) is 31.2 Å². The average Bonchev–Trinajstić information content (AvgIpc) is 2.69. The Morgan fingerprint density at radius 3 is 2.22 bits per heavy atom. The van der Waals surface area contributed by atoms with E-state index in [1.54, 1.807) is 17.0 Å². The van der Waals surface area contributed by atoms with Crippen molar-refractivity contribution in [3.05, 3.63) is 59.7 Å². The normalized spacial score (nSPS) is 14.8. The van der Waals surface area contributed by atoms with E-state index < -0.39 is 10.0 Å². The van der Waals surface area contributed by atoms with Gasteiger partial charge in [-0.1, -0.05) is 29.8 Å². The number of rotatable bonds is 5. The minimum atomic E-state index is -3.61. The lowest BCUT2D eigenvalue weighted by Gasteiger charge is -2.26. The van der Waals surface area contributed by atoms with Gasteiger partial charge in [0.15, 0.2) is 0 Å². The summed E-state index contributed by atoms with van der Waals surface area (Å²) in [7, 11) is -3.61. The number of urea groups is 1. The number of nitrogens with one attached hydrogen (secondary N) is 2. The van der Waals surface area contributed by atoms with Gasteiger partial charge in [0.1, 0.15) is 0 Å². The topological polar surface area (TPSA) is 78.5 Å². The molecule has 0 aromatic heterocycles. The first-order chi connectivity index (χ1) is 12.9. The zero-order chi connectivity index (χ0) is 19.3. The van der Waals surface area contributed by atoms with Crippen LogP contribution in [-0.2, 0) is 16.6 Å². The van der Waals surface area contributed by atoms with Crippen LogP contribution in [0, 0.1) is 6.92 Å². The molecule has 1 aliphatic heterocycles. The predicted molar refractivity (Wildman–Crippen MR) is 106 cm³/mol. The van der Waals surface area contributed by atoms with Crippen LogP contribution in [0.3, 0.4) is 0 Å². The summed E-state index contributed by atoms with van der Waals surface area (Å²) in [5.41, 5.74) is 2.61. The number of nitrogens with zero attached hydrogens (tertiary/aromatic N) is 1. The number of piperidine rings is 1. The van der Waals surface area contributed by atoms with Crippen molar-refractivity contribution in [1.29, 1.82) is 0 Å². The Morgan fingerprint density at radius 2 is 1.59 bits per heavy atom. The molecular formula is C20H25N3O3S. The number of carbonyl (C=O) groups excluding carboxylic acids is 1. The summed E-state index contributed by atoms with van der Waals surface area (Å²) in [6.07, 6.45) is 3.21. The van der Waals surface area contributed by atoms with Crippen molar-refractivity contribution in [1.82, 2.24) is 9.62 Å². The zero-order valence-electron chi connectivity index (χ0n) is 15.4. The molecule has 3 rings (SSSR count). The van der Waals surface area contributed by atoms with Crippen molar-refractivity contribution in [2.75, 3.05) is 18.4 Å². The first-order valence-electron chi connectivity index (χ1n) is 9.15. The van der Waals surface area contributed by atoms with Gasteiger partial charge in [-0.25, -0.2) is 17.9 Å². The summed E-state index contributed by atoms with van der Waals surface area (Å²) >= 11 is 0. The van der Waals surface area contributed by atoms with Crippen LogP contribution < -0.4 is 10.0 Å². The van der Waals surface area contributed by atoms with Crippen molar-refractivity contribution in [3.8, 4) is 0 Å². The molecule has 2 N–H and O–H groups in total. The number of sulfonamides is 1. The predicted octanol–water partition coefficient (Wildman–Crippen LogP) is 3.49. The highest BCUT2D eigenvalue weighted by molar-refractivity contribution is 7.89. The third kappa shape index (κ3) is 5.30. The van der Waals surface area contributed by atoms with Crippen LogP contribution in [-0.4, -0.2) is 32.4 Å². The molecule has 0 radical (unpaired) electrons. The van der Waals surface area contributed by atoms with Crippen LogP contribution in [0.1, 0.15) is 30.4 Å². The molecule has 0 spiro atoms. The summed E-state index contributed by atoms with van der Waals surface area (Å²) < 4.78 is 27.5. The Labute approximate surface area is 160 Å². The van der Waals surface area contributed by atoms with Crippen LogP contribution in [0.25, 0.3) is 0 Å². The summed E-state index contributed by atoms with van der Waals surface area (Å²) in [5, 5.41) is 2.83. The molecule has 6 nitrogen and oxygen atoms in total. The van der Waals surface area contributed by atoms with Crippen LogP contribution in [0.5, 0.6) is 0 Å². The molecule has 1 heterocycles. The maximum Gasteiger partial charge on any atom is 0.321 e. The van der Waals surface area contributed by atoms with E-state index in [0.717, 1.165) is 43.5 Å². The first kappa shape index (κ1) is 19.4. The molecule has 1 aliphatic rings. The third-order valence-corrected chi connectivity index (χ3v) is 6.06. The van der Waals surface area contributed by atoms with E-state index in [2.05, 4.69) is 10.0 Å². The van der Waals surface area contributed by atoms with Gasteiger partial charge in [-0.05, 0) is 56.0 Å². The molecule has 0 saturated carbocycles. The minimum Gasteiger partial charge on any atom is -0.325 e. The van der Waals surface area contributed by atoms with Crippen molar-refractivity contribution in [3.63, 3.8) is 0 Å². The Balaban J connectivity index is 1.59. The van der Waals surface area contributed by atoms with Crippen molar-refractivity contribution in [2.45, 2.75) is 37.6 Å². The minimum absolute atomic E-state index is 0.136. The highest BCUT2D eigenvalue weighted by Gasteiger charge is 2.17. The zero-order valence-corrected chi connectivity index (χ0v) is 16.3. The summed E-state index contributed by atoms with van der Waals surface area (Å²) in [5.74, 6) is 0. The second-order valence-electron chi connectivity index (χ2n) is 6.81. The molecule has 0 bridgehead atoms. The second-order valence-corrected chi connectivity index (χ2v) is 8.58. The van der Waals surface area contributed by atoms with Gasteiger partial charge in [0.25, 0.3) is 0 Å². The van der Waals surface area contributed by atoms with Crippen LogP contribution in [0.15, 0.2) is 53.4 Å². The maximum absolute atomic E-state index is 12.4. The molecule has 0 unspecified atom stereocenters. The summed E-state index contributed by atoms with van der Waals surface area (Å²) in [6, 6.07) is 13.8. The van der Waals surface area contributed by atoms with Gasteiger partial charge < -0.3 is 10.2 Å². The number of hydrogen-bond donors (Lipinski definition) is 2. The fourth-order valence-electron chi connectivity index (χ4n) is 2.98. The maximum atomic E-state index is 12.4. The van der Waals surface area contributed by atoms with Gasteiger partial charge >= 0.3 is 6.03 Å². The summed E-state index contributed by atoms with van der Waals surface area (Å²) in [6.45, 7) is 3.75. The number of likely N-dealkylation sites (tertiary alicyclic amines) is 1. The van der Waals surface area contributed by atoms with Gasteiger partial charge in [-0.3, -0.25) is 0 Å². The smallest absolute Gasteiger partial charge is 0.321 e. The molecule has 2 amide bonds. The van der Waals surface area contributed by atoms with E-state index in [-0.39, 0.29) is 17.5 Å². The fraction of sp³-hybridized carbons (Fsp3) is 0.350. The van der Waals surface area contributed by atoms with Crippen LogP contribution >= 0.6 is 0 Å². The molecule has 2 aromatic carbocycles. The van der Waals surface area contributed by atoms with Crippen molar-refractivity contribution in [2.24, 2.45) is 0 Å². The van der Waals surface area contributed by atoms with E-state index in [9.17, 15) is 13.2 Å². The molecule has 0 atom stereocenters. The molecule has 144 valence electrons. The lowest BCUT2D eigenvalue weighted by molar-refractivity contribution is 0.200. The average molecular weight is 388 g/mol. The molecule has 2 aromatic rings. The highest BCUT2D eigenvalue weighted by atomic mass is 32.2. The standard InChI is InChI=1S/C20H25N3O3S/c1-16-5-7-17(8-6-16)15-21-27(25,26)19-11-9-18(10-12-19)22-20(24)23-13-3-2-4-14-23/h5-12,21H,2-4,13-15H2,1H3,(H,22,24). The van der Waals surface area contributed by atoms with Gasteiger partial charge in [0, 0.05) is 25.3 Å². The molecule has 1 fully saturated rings. The van der Waals surface area contributed by atoms with Gasteiger partial charge in [-0.2, -0.15) is 0 Å². The van der Waals surface area contributed by atoms with Crippen molar-refractivity contribution >= 4 is 21.7 Å². The van der Waals surface area contributed by atoms with Gasteiger partial charge in [0.05, 0.1) is 4.90 Å². The fourth-order valence-corrected chi connectivity index (χ4v) is 4.00. The van der Waals surface area contributed by atoms with Crippen LogP contribution in [0.2, 0.25) is 0 Å². The Bertz CT molecular complexity index is 872. The van der Waals surface area contributed by atoms with Crippen molar-refractivity contribution < 1.29 is 13.2 Å². The van der Waals surface area contributed by atoms with E-state index >= 15 is 0 Å². The second kappa shape index (κ2) is 8.54. The Hall–Kier alpha value is -2.38. The van der Waals surface area contributed by atoms with Gasteiger partial charge in [-0.15, -0.1) is 0 Å². The Kier molecular flexibility index (Phi) is 6.13. The lowest BCUT2D eigenvalue weighted by Crippen LogP contribution is -2.38. The van der Waals surface area contributed by atoms with Gasteiger partial charge in [0.2, 0.25) is 10.0 Å². The number of aryl methyl sites for hydroxylation is 1. The SMILES string of the molecule is Cc1ccc(CNS(=O)(=O)c2ccc(NC(=O)N3CCCCC3)cc2)cc1. The van der Waals surface area contributed by atoms with E-state index in [1.165, 1.54) is 12.1 Å². The first-order valence-corrected chi connectivity index (χ1v) is 10.6. The molecule has 0 aliphatic carbocycles. The number of carbonyl (C=O) groups is 1. The number of anilines is 1. The monoisotopic (exact) mass is 387 g/mol. The quantitative estimate of drug-likeness (QED) is 0.824. The molecule has 1 saturated heterocycles.